The summed E-state index contributed by atoms with van der Waals surface area (Å²) in [6.45, 7) is 4.36. The van der Waals surface area contributed by atoms with E-state index >= 15 is 0 Å². The highest BCUT2D eigenvalue weighted by Gasteiger charge is 2.52. The minimum absolute atomic E-state index is 0. The van der Waals surface area contributed by atoms with Gasteiger partial charge in [0.15, 0.2) is 7.26 Å². The second-order valence-corrected chi connectivity index (χ2v) is 14.0. The van der Waals surface area contributed by atoms with Gasteiger partial charge in [0.25, 0.3) is 0 Å². The summed E-state index contributed by atoms with van der Waals surface area (Å²) in [7, 11) is -2.20. The number of halogens is 1. The molecule has 0 aliphatic rings. The smallest absolute Gasteiger partial charge is 0.223 e. The number of thioether (sulfide) groups is 1. The molecule has 1 heterocycles. The lowest BCUT2D eigenvalue weighted by molar-refractivity contribution is -0.00000659. The molecule has 0 bridgehead atoms. The largest absolute Gasteiger partial charge is 1.00 e. The topological polar surface area (TPSA) is 12.9 Å². The zero-order valence-corrected chi connectivity index (χ0v) is 24.5. The first-order valence-corrected chi connectivity index (χ1v) is 15.1. The van der Waals surface area contributed by atoms with Crippen molar-refractivity contribution < 1.29 is 24.0 Å². The SMILES string of the molecule is CCSc1sc(-c2ccc(C)cc2)nc1[P+](c1ccccc1)(c1ccccc1)c1ccccc1.[I-]. The molecule has 35 heavy (non-hydrogen) atoms. The van der Waals surface area contributed by atoms with Gasteiger partial charge in [0, 0.05) is 5.56 Å². The maximum atomic E-state index is 5.48. The molecular weight excluding hydrogens is 596 g/mol. The summed E-state index contributed by atoms with van der Waals surface area (Å²) in [5, 5.41) is 5.11. The highest BCUT2D eigenvalue weighted by Crippen LogP contribution is 2.56. The molecule has 0 aliphatic carbocycles. The third-order valence-corrected chi connectivity index (χ3v) is 12.6. The Hall–Kier alpha value is -1.98. The minimum atomic E-state index is -2.20. The molecule has 0 fully saturated rings. The Morgan fingerprint density at radius 1 is 0.686 bits per heavy atom. The summed E-state index contributed by atoms with van der Waals surface area (Å²) in [5.74, 6) is 1.01. The van der Waals surface area contributed by atoms with Crippen LogP contribution in [-0.2, 0) is 0 Å². The van der Waals surface area contributed by atoms with E-state index in [9.17, 15) is 0 Å². The van der Waals surface area contributed by atoms with Crippen LogP contribution in [0.25, 0.3) is 10.6 Å². The van der Waals surface area contributed by atoms with Gasteiger partial charge in [-0.1, -0.05) is 91.3 Å². The van der Waals surface area contributed by atoms with Crippen molar-refractivity contribution in [1.82, 2.24) is 4.98 Å². The van der Waals surface area contributed by atoms with Gasteiger partial charge in [-0.15, -0.1) is 23.1 Å². The van der Waals surface area contributed by atoms with Crippen LogP contribution in [0.3, 0.4) is 0 Å². The van der Waals surface area contributed by atoms with E-state index in [0.717, 1.165) is 10.8 Å². The van der Waals surface area contributed by atoms with E-state index in [4.69, 9.17) is 4.98 Å². The average molecular weight is 624 g/mol. The van der Waals surface area contributed by atoms with Gasteiger partial charge in [0.1, 0.15) is 25.1 Å². The van der Waals surface area contributed by atoms with Gasteiger partial charge >= 0.3 is 0 Å². The van der Waals surface area contributed by atoms with Crippen molar-refractivity contribution in [3.63, 3.8) is 0 Å². The molecule has 5 heteroatoms. The van der Waals surface area contributed by atoms with Crippen LogP contribution < -0.4 is 45.3 Å². The van der Waals surface area contributed by atoms with Crippen molar-refractivity contribution in [2.75, 3.05) is 5.75 Å². The van der Waals surface area contributed by atoms with Gasteiger partial charge < -0.3 is 24.0 Å². The Morgan fingerprint density at radius 2 is 1.14 bits per heavy atom. The molecule has 1 aromatic heterocycles. The van der Waals surface area contributed by atoms with Crippen LogP contribution in [0.1, 0.15) is 12.5 Å². The summed E-state index contributed by atoms with van der Waals surface area (Å²) < 4.78 is 1.32. The van der Waals surface area contributed by atoms with E-state index in [2.05, 4.69) is 129 Å². The molecule has 0 spiro atoms. The van der Waals surface area contributed by atoms with Crippen LogP contribution in [0.15, 0.2) is 119 Å². The van der Waals surface area contributed by atoms with E-state index < -0.39 is 7.26 Å². The van der Waals surface area contributed by atoms with Crippen molar-refractivity contribution in [2.45, 2.75) is 18.1 Å². The number of thiazole rings is 1. The van der Waals surface area contributed by atoms with Crippen LogP contribution in [0.5, 0.6) is 0 Å². The number of aromatic nitrogens is 1. The van der Waals surface area contributed by atoms with Crippen LogP contribution in [0.4, 0.5) is 0 Å². The van der Waals surface area contributed by atoms with Gasteiger partial charge in [-0.05, 0) is 49.1 Å². The molecule has 0 saturated heterocycles. The summed E-state index contributed by atoms with van der Waals surface area (Å²) in [5.41, 5.74) is 3.68. The van der Waals surface area contributed by atoms with Gasteiger partial charge in [0.05, 0.1) is 0 Å². The number of rotatable bonds is 7. The number of hydrogen-bond donors (Lipinski definition) is 0. The Morgan fingerprint density at radius 3 is 1.57 bits per heavy atom. The van der Waals surface area contributed by atoms with Gasteiger partial charge in [0.2, 0.25) is 5.44 Å². The Balaban J connectivity index is 0.00000289. The molecule has 0 atom stereocenters. The quantitative estimate of drug-likeness (QED) is 0.155. The van der Waals surface area contributed by atoms with E-state index in [0.29, 0.717) is 0 Å². The molecule has 5 aromatic rings. The molecule has 4 aromatic carbocycles. The fraction of sp³-hybridized carbons (Fsp3) is 0.100. The standard InChI is InChI=1S/C30H27NPS2.HI/c1-3-33-30-28(31-29(34-30)24-21-19-23(2)20-22-24)32(25-13-7-4-8-14-25,26-15-9-5-10-16-26)27-17-11-6-12-18-27;/h4-22H,3H2,1-2H3;1H/q+1;/p-1. The molecule has 0 radical (unpaired) electrons. The number of hydrogen-bond acceptors (Lipinski definition) is 3. The second kappa shape index (κ2) is 11.8. The first-order valence-electron chi connectivity index (χ1n) is 11.5. The average Bonchev–Trinajstić information content (AvgIpc) is 3.31. The summed E-state index contributed by atoms with van der Waals surface area (Å²) in [6, 6.07) is 41.8. The zero-order chi connectivity index (χ0) is 23.4. The highest BCUT2D eigenvalue weighted by atomic mass is 127. The molecule has 1 nitrogen and oxygen atoms in total. The summed E-state index contributed by atoms with van der Waals surface area (Å²) in [4.78, 5) is 5.48. The first kappa shape index (κ1) is 26.1. The Bertz CT molecular complexity index is 1260. The zero-order valence-electron chi connectivity index (χ0n) is 19.8. The number of nitrogens with zero attached hydrogens (tertiary/aromatic N) is 1. The fourth-order valence-electron chi connectivity index (χ4n) is 4.32. The van der Waals surface area contributed by atoms with Gasteiger partial charge in [-0.25, -0.2) is 0 Å². The van der Waals surface area contributed by atoms with E-state index in [-0.39, 0.29) is 24.0 Å². The molecule has 0 N–H and O–H groups in total. The maximum absolute atomic E-state index is 5.48. The van der Waals surface area contributed by atoms with Crippen molar-refractivity contribution in [3.8, 4) is 10.6 Å². The molecule has 0 amide bonds. The molecule has 0 saturated carbocycles. The third-order valence-electron chi connectivity index (χ3n) is 5.90. The van der Waals surface area contributed by atoms with E-state index in [1.54, 1.807) is 0 Å². The fourth-order valence-corrected chi connectivity index (χ4v) is 11.5. The predicted molar refractivity (Wildman–Crippen MR) is 153 cm³/mol. The lowest BCUT2D eigenvalue weighted by Gasteiger charge is -2.26. The van der Waals surface area contributed by atoms with Gasteiger partial charge in [-0.3, -0.25) is 0 Å². The third kappa shape index (κ3) is 5.13. The first-order chi connectivity index (χ1) is 16.7. The molecule has 5 rings (SSSR count). The van der Waals surface area contributed by atoms with Gasteiger partial charge in [-0.2, -0.15) is 4.98 Å². The Kier molecular flexibility index (Phi) is 8.82. The van der Waals surface area contributed by atoms with Crippen LogP contribution >= 0.6 is 30.4 Å². The van der Waals surface area contributed by atoms with Crippen LogP contribution in [0.2, 0.25) is 0 Å². The van der Waals surface area contributed by atoms with Crippen molar-refractivity contribution >= 4 is 51.7 Å². The maximum Gasteiger partial charge on any atom is 0.223 e. The lowest BCUT2D eigenvalue weighted by atomic mass is 10.2. The monoisotopic (exact) mass is 623 g/mol. The van der Waals surface area contributed by atoms with E-state index in [1.807, 2.05) is 23.1 Å². The van der Waals surface area contributed by atoms with Crippen molar-refractivity contribution in [2.24, 2.45) is 0 Å². The summed E-state index contributed by atoms with van der Waals surface area (Å²) in [6.07, 6.45) is 0. The molecule has 0 unspecified atom stereocenters. The minimum Gasteiger partial charge on any atom is -1.00 e. The van der Waals surface area contributed by atoms with Crippen molar-refractivity contribution in [3.05, 3.63) is 121 Å². The van der Waals surface area contributed by atoms with Crippen LogP contribution in [0, 0.1) is 6.92 Å². The predicted octanol–water partition coefficient (Wildman–Crippen LogP) is 3.85. The number of benzene rings is 4. The normalized spacial score (nSPS) is 11.1. The van der Waals surface area contributed by atoms with Crippen molar-refractivity contribution in [1.29, 1.82) is 0 Å². The Labute approximate surface area is 234 Å². The number of aryl methyl sites for hydroxylation is 1. The van der Waals surface area contributed by atoms with Crippen LogP contribution in [-0.4, -0.2) is 10.7 Å². The molecular formula is C30H27INPS2. The molecule has 176 valence electrons. The van der Waals surface area contributed by atoms with E-state index in [1.165, 1.54) is 36.7 Å². The lowest BCUT2D eigenvalue weighted by Crippen LogP contribution is -3.00. The highest BCUT2D eigenvalue weighted by molar-refractivity contribution is 8.05. The molecule has 0 aliphatic heterocycles. The summed E-state index contributed by atoms with van der Waals surface area (Å²) >= 11 is 3.75. The second-order valence-electron chi connectivity index (χ2n) is 8.11.